The molecule has 1 aliphatic rings. The van der Waals surface area contributed by atoms with Crippen LogP contribution in [0.2, 0.25) is 30.7 Å². The molecule has 280 valence electrons. The second-order valence-corrected chi connectivity index (χ2v) is 21.6. The molecule has 2 amide bonds. The summed E-state index contributed by atoms with van der Waals surface area (Å²) in [5.41, 5.74) is 2.49. The minimum Gasteiger partial charge on any atom is -0.465 e. The van der Waals surface area contributed by atoms with E-state index < -0.39 is 31.7 Å². The number of nitrogens with zero attached hydrogens (tertiary/aromatic N) is 7. The molecule has 5 rings (SSSR count). The second-order valence-electron chi connectivity index (χ2n) is 15.6. The zero-order valence-corrected chi connectivity index (χ0v) is 32.9. The smallest absolute Gasteiger partial charge is 0.414 e. The number of imidazole rings is 1. The highest BCUT2D eigenvalue weighted by Crippen LogP contribution is 2.35. The van der Waals surface area contributed by atoms with Gasteiger partial charge in [-0.15, -0.1) is 0 Å². The number of anilines is 1. The van der Waals surface area contributed by atoms with E-state index in [0.717, 1.165) is 6.04 Å². The van der Waals surface area contributed by atoms with Gasteiger partial charge in [0, 0.05) is 63.5 Å². The lowest BCUT2D eigenvalue weighted by atomic mass is 10.1. The van der Waals surface area contributed by atoms with E-state index in [9.17, 15) is 14.7 Å². The third-order valence-electron chi connectivity index (χ3n) is 8.79. The molecule has 1 saturated heterocycles. The van der Waals surface area contributed by atoms with E-state index in [1.54, 1.807) is 56.1 Å². The lowest BCUT2D eigenvalue weighted by Crippen LogP contribution is -2.59. The highest BCUT2D eigenvalue weighted by molar-refractivity contribution is 6.76. The summed E-state index contributed by atoms with van der Waals surface area (Å²) in [5, 5.41) is 10.0. The molecular weight excluding hydrogens is 705 g/mol. The maximum absolute atomic E-state index is 15.4. The third kappa shape index (κ3) is 9.65. The molecule has 4 aromatic rings. The first-order chi connectivity index (χ1) is 24.4. The molecule has 12 nitrogen and oxygen atoms in total. The Morgan fingerprint density at radius 1 is 1.06 bits per heavy atom. The molecule has 2 atom stereocenters. The largest absolute Gasteiger partial charge is 0.465 e. The summed E-state index contributed by atoms with van der Waals surface area (Å²) in [4.78, 5) is 44.8. The number of rotatable bonds is 11. The van der Waals surface area contributed by atoms with E-state index in [0.29, 0.717) is 65.1 Å². The summed E-state index contributed by atoms with van der Waals surface area (Å²) < 4.78 is 29.0. The number of aromatic nitrogens is 4. The van der Waals surface area contributed by atoms with Gasteiger partial charge in [-0.25, -0.2) is 23.9 Å². The number of fused-ring (bicyclic) bond motifs is 1. The Balaban J connectivity index is 1.48. The number of benzene rings is 1. The van der Waals surface area contributed by atoms with Crippen molar-refractivity contribution in [2.45, 2.75) is 84.7 Å². The molecule has 1 aliphatic heterocycles. The van der Waals surface area contributed by atoms with Crippen LogP contribution in [0.4, 0.5) is 19.7 Å². The number of carboxylic acid groups (broad SMARTS) is 1. The lowest BCUT2D eigenvalue weighted by molar-refractivity contribution is 0.0409. The minimum absolute atomic E-state index is 0.172. The zero-order chi connectivity index (χ0) is 38.0. The third-order valence-corrected chi connectivity index (χ3v) is 10.7. The zero-order valence-electron chi connectivity index (χ0n) is 31.2. The van der Waals surface area contributed by atoms with Crippen LogP contribution >= 0.6 is 11.6 Å². The molecule has 52 heavy (non-hydrogen) atoms. The van der Waals surface area contributed by atoms with Crippen molar-refractivity contribution in [1.82, 2.24) is 29.3 Å². The first kappa shape index (κ1) is 39.1. The molecule has 0 radical (unpaired) electrons. The summed E-state index contributed by atoms with van der Waals surface area (Å²) in [6.07, 6.45) is 1.75. The van der Waals surface area contributed by atoms with E-state index in [4.69, 9.17) is 26.1 Å². The molecule has 0 aliphatic carbocycles. The predicted molar refractivity (Wildman–Crippen MR) is 204 cm³/mol. The Morgan fingerprint density at radius 3 is 2.42 bits per heavy atom. The lowest BCUT2D eigenvalue weighted by Gasteiger charge is -2.43. The van der Waals surface area contributed by atoms with Gasteiger partial charge < -0.3 is 24.0 Å². The first-order valence-corrected chi connectivity index (χ1v) is 21.6. The average Bonchev–Trinajstić information content (AvgIpc) is 3.45. The van der Waals surface area contributed by atoms with Gasteiger partial charge in [0.15, 0.2) is 0 Å². The van der Waals surface area contributed by atoms with E-state index in [1.165, 1.54) is 21.9 Å². The van der Waals surface area contributed by atoms with Crippen LogP contribution in [0.25, 0.3) is 33.7 Å². The number of pyridine rings is 2. The van der Waals surface area contributed by atoms with Crippen LogP contribution in [0.5, 0.6) is 0 Å². The number of halogens is 2. The molecule has 1 aromatic carbocycles. The number of hydrogen-bond acceptors (Lipinski definition) is 8. The minimum atomic E-state index is -1.32. The summed E-state index contributed by atoms with van der Waals surface area (Å²) in [6.45, 7) is 18.6. The van der Waals surface area contributed by atoms with Crippen molar-refractivity contribution < 1.29 is 28.6 Å². The Bertz CT molecular complexity index is 1900. The molecular formula is C37H49ClFN7O5Si. The van der Waals surface area contributed by atoms with Gasteiger partial charge in [0.25, 0.3) is 0 Å². The first-order valence-electron chi connectivity index (χ1n) is 17.5. The van der Waals surface area contributed by atoms with Gasteiger partial charge in [-0.05, 0) is 77.1 Å². The molecule has 0 saturated carbocycles. The molecule has 4 heterocycles. The fourth-order valence-electron chi connectivity index (χ4n) is 6.32. The van der Waals surface area contributed by atoms with Crippen LogP contribution in [0, 0.1) is 5.82 Å². The summed E-state index contributed by atoms with van der Waals surface area (Å²) in [7, 11) is -1.32. The molecule has 15 heteroatoms. The van der Waals surface area contributed by atoms with E-state index >= 15 is 4.39 Å². The summed E-state index contributed by atoms with van der Waals surface area (Å²) >= 11 is 6.34. The summed E-state index contributed by atoms with van der Waals surface area (Å²) in [6, 6.07) is 10.3. The number of hydrogen-bond donors (Lipinski definition) is 1. The molecule has 1 fully saturated rings. The Kier molecular flexibility index (Phi) is 11.9. The highest BCUT2D eigenvalue weighted by Gasteiger charge is 2.33. The SMILES string of the molecule is CC1CN(CCN(C(=O)OC(C)(C)C)c2cnc3ccc(-c4ncn(COCC[Si](C)(C)C)c4-c4cc(Cl)ccc4F)nc3c2)CC(C)N1C(=O)O. The normalized spacial score (nSPS) is 17.1. The van der Waals surface area contributed by atoms with Gasteiger partial charge in [0.1, 0.15) is 23.8 Å². The van der Waals surface area contributed by atoms with Crippen molar-refractivity contribution in [3.8, 4) is 22.6 Å². The number of amides is 2. The Hall–Kier alpha value is -4.11. The maximum Gasteiger partial charge on any atom is 0.414 e. The van der Waals surface area contributed by atoms with Crippen LogP contribution in [0.3, 0.4) is 0 Å². The van der Waals surface area contributed by atoms with Crippen molar-refractivity contribution in [2.24, 2.45) is 0 Å². The maximum atomic E-state index is 15.4. The van der Waals surface area contributed by atoms with E-state index in [2.05, 4.69) is 34.5 Å². The van der Waals surface area contributed by atoms with E-state index in [1.807, 2.05) is 19.9 Å². The van der Waals surface area contributed by atoms with Gasteiger partial charge in [-0.3, -0.25) is 14.8 Å². The van der Waals surface area contributed by atoms with Crippen LogP contribution in [0.1, 0.15) is 34.6 Å². The number of piperazine rings is 1. The summed E-state index contributed by atoms with van der Waals surface area (Å²) in [5.74, 6) is -0.458. The van der Waals surface area contributed by atoms with Crippen LogP contribution in [-0.2, 0) is 16.2 Å². The highest BCUT2D eigenvalue weighted by atomic mass is 35.5. The molecule has 2 unspecified atom stereocenters. The van der Waals surface area contributed by atoms with Gasteiger partial charge in [-0.2, -0.15) is 0 Å². The predicted octanol–water partition coefficient (Wildman–Crippen LogP) is 8.08. The number of ether oxygens (including phenoxy) is 2. The topological polar surface area (TPSA) is 126 Å². The molecule has 0 bridgehead atoms. The fraction of sp³-hybridized carbons (Fsp3) is 0.486. The van der Waals surface area contributed by atoms with Crippen LogP contribution in [0.15, 0.2) is 48.9 Å². The van der Waals surface area contributed by atoms with Gasteiger partial charge in [0.2, 0.25) is 0 Å². The molecule has 0 spiro atoms. The van der Waals surface area contributed by atoms with Crippen molar-refractivity contribution >= 4 is 48.6 Å². The van der Waals surface area contributed by atoms with Crippen LogP contribution < -0.4 is 4.90 Å². The Morgan fingerprint density at radius 2 is 1.77 bits per heavy atom. The standard InChI is InChI=1S/C37H49ClFN7O5Si/c1-24-20-43(21-25(2)46(24)35(47)48)13-14-45(36(49)51-37(3,4)5)27-18-32-30(40-19-27)11-12-31(42-32)33-34(28-17-26(38)9-10-29(28)39)44(22-41-33)23-50-15-16-52(6,7)8/h9-12,17-19,22,24-25H,13-16,20-21,23H2,1-8H3,(H,47,48). The quantitative estimate of drug-likeness (QED) is 0.120. The van der Waals surface area contributed by atoms with Gasteiger partial charge in [0.05, 0.1) is 40.6 Å². The van der Waals surface area contributed by atoms with Gasteiger partial charge >= 0.3 is 12.2 Å². The van der Waals surface area contributed by atoms with Crippen molar-refractivity contribution in [1.29, 1.82) is 0 Å². The molecule has 1 N–H and O–H groups in total. The van der Waals surface area contributed by atoms with E-state index in [-0.39, 0.29) is 30.9 Å². The van der Waals surface area contributed by atoms with Crippen molar-refractivity contribution in [3.05, 3.63) is 59.8 Å². The number of carbonyl (C=O) groups excluding carboxylic acids is 1. The fourth-order valence-corrected chi connectivity index (χ4v) is 7.25. The van der Waals surface area contributed by atoms with Crippen molar-refractivity contribution in [2.75, 3.05) is 37.7 Å². The van der Waals surface area contributed by atoms with Crippen LogP contribution in [-0.4, -0.2) is 105 Å². The average molecular weight is 754 g/mol. The second kappa shape index (κ2) is 15.9. The number of carbonyl (C=O) groups is 2. The molecule has 3 aromatic heterocycles. The van der Waals surface area contributed by atoms with Crippen molar-refractivity contribution in [3.63, 3.8) is 0 Å². The monoisotopic (exact) mass is 753 g/mol. The Labute approximate surface area is 310 Å². The van der Waals surface area contributed by atoms with Gasteiger partial charge in [-0.1, -0.05) is 31.2 Å².